The second-order valence-corrected chi connectivity index (χ2v) is 7.84. The molecule has 0 aromatic heterocycles. The van der Waals surface area contributed by atoms with Crippen LogP contribution in [0.1, 0.15) is 48.8 Å². The maximum absolute atomic E-state index is 12.5. The summed E-state index contributed by atoms with van der Waals surface area (Å²) in [6, 6.07) is 3.62. The van der Waals surface area contributed by atoms with Crippen molar-refractivity contribution in [3.63, 3.8) is 0 Å². The van der Waals surface area contributed by atoms with Crippen molar-refractivity contribution in [3.8, 4) is 0 Å². The SMILES string of the molecule is Cc1cc(C)c(S(=O)(=O)NCC2CCCCC2)cc1CN. The van der Waals surface area contributed by atoms with Gasteiger partial charge >= 0.3 is 0 Å². The number of hydrogen-bond donors (Lipinski definition) is 2. The van der Waals surface area contributed by atoms with Crippen LogP contribution in [0.15, 0.2) is 17.0 Å². The van der Waals surface area contributed by atoms with Gasteiger partial charge in [0, 0.05) is 13.1 Å². The van der Waals surface area contributed by atoms with E-state index in [1.54, 1.807) is 6.07 Å². The molecular weight excluding hydrogens is 284 g/mol. The van der Waals surface area contributed by atoms with Gasteiger partial charge in [0.25, 0.3) is 0 Å². The number of rotatable bonds is 5. The van der Waals surface area contributed by atoms with Gasteiger partial charge in [0.1, 0.15) is 0 Å². The fraction of sp³-hybridized carbons (Fsp3) is 0.625. The topological polar surface area (TPSA) is 72.2 Å². The van der Waals surface area contributed by atoms with E-state index in [1.807, 2.05) is 19.9 Å². The maximum atomic E-state index is 12.5. The molecule has 0 saturated heterocycles. The summed E-state index contributed by atoms with van der Waals surface area (Å²) in [5.74, 6) is 0.480. The summed E-state index contributed by atoms with van der Waals surface area (Å²) in [6.07, 6.45) is 5.97. The molecule has 5 heteroatoms. The van der Waals surface area contributed by atoms with E-state index in [0.717, 1.165) is 29.5 Å². The number of sulfonamides is 1. The van der Waals surface area contributed by atoms with E-state index in [1.165, 1.54) is 19.3 Å². The smallest absolute Gasteiger partial charge is 0.240 e. The van der Waals surface area contributed by atoms with Crippen LogP contribution < -0.4 is 10.5 Å². The van der Waals surface area contributed by atoms with E-state index in [2.05, 4.69) is 4.72 Å². The lowest BCUT2D eigenvalue weighted by Crippen LogP contribution is -2.31. The van der Waals surface area contributed by atoms with E-state index >= 15 is 0 Å². The molecular formula is C16H26N2O2S. The van der Waals surface area contributed by atoms with Crippen LogP contribution in [0, 0.1) is 19.8 Å². The average molecular weight is 310 g/mol. The van der Waals surface area contributed by atoms with E-state index < -0.39 is 10.0 Å². The normalized spacial score (nSPS) is 17.1. The molecule has 1 aromatic rings. The second kappa shape index (κ2) is 6.90. The van der Waals surface area contributed by atoms with Crippen LogP contribution in [0.2, 0.25) is 0 Å². The van der Waals surface area contributed by atoms with Crippen molar-refractivity contribution in [2.75, 3.05) is 6.54 Å². The van der Waals surface area contributed by atoms with Gasteiger partial charge in [-0.1, -0.05) is 25.3 Å². The first kappa shape index (κ1) is 16.5. The van der Waals surface area contributed by atoms with Gasteiger partial charge in [0.2, 0.25) is 10.0 Å². The molecule has 1 aliphatic rings. The third kappa shape index (κ3) is 4.05. The lowest BCUT2D eigenvalue weighted by Gasteiger charge is -2.22. The molecule has 0 heterocycles. The van der Waals surface area contributed by atoms with E-state index in [-0.39, 0.29) is 0 Å². The molecule has 0 aliphatic heterocycles. The first-order chi connectivity index (χ1) is 9.94. The van der Waals surface area contributed by atoms with Crippen LogP contribution in [0.25, 0.3) is 0 Å². The van der Waals surface area contributed by atoms with Gasteiger partial charge in [-0.2, -0.15) is 0 Å². The van der Waals surface area contributed by atoms with Crippen LogP contribution in [0.4, 0.5) is 0 Å². The molecule has 0 atom stereocenters. The second-order valence-electron chi connectivity index (χ2n) is 6.10. The van der Waals surface area contributed by atoms with Crippen LogP contribution in [0.5, 0.6) is 0 Å². The Kier molecular flexibility index (Phi) is 5.41. The molecule has 3 N–H and O–H groups in total. The molecule has 1 aromatic carbocycles. The highest BCUT2D eigenvalue weighted by Gasteiger charge is 2.21. The molecule has 21 heavy (non-hydrogen) atoms. The minimum absolute atomic E-state index is 0.358. The lowest BCUT2D eigenvalue weighted by atomic mass is 9.90. The Morgan fingerprint density at radius 3 is 2.43 bits per heavy atom. The minimum Gasteiger partial charge on any atom is -0.326 e. The van der Waals surface area contributed by atoms with Crippen LogP contribution in [-0.2, 0) is 16.6 Å². The minimum atomic E-state index is -3.45. The first-order valence-electron chi connectivity index (χ1n) is 7.74. The highest BCUT2D eigenvalue weighted by Crippen LogP contribution is 2.24. The summed E-state index contributed by atoms with van der Waals surface area (Å²) in [6.45, 7) is 4.70. The number of hydrogen-bond acceptors (Lipinski definition) is 3. The summed E-state index contributed by atoms with van der Waals surface area (Å²) < 4.78 is 27.8. The van der Waals surface area contributed by atoms with Crippen LogP contribution in [-0.4, -0.2) is 15.0 Å². The Morgan fingerprint density at radius 2 is 1.81 bits per heavy atom. The summed E-state index contributed by atoms with van der Waals surface area (Å²) >= 11 is 0. The zero-order valence-electron chi connectivity index (χ0n) is 13.0. The predicted octanol–water partition coefficient (Wildman–Crippen LogP) is 2.62. The summed E-state index contributed by atoms with van der Waals surface area (Å²) in [5.41, 5.74) is 8.40. The van der Waals surface area contributed by atoms with Gasteiger partial charge in [-0.3, -0.25) is 0 Å². The molecule has 4 nitrogen and oxygen atoms in total. The fourth-order valence-corrected chi connectivity index (χ4v) is 4.47. The van der Waals surface area contributed by atoms with Gasteiger partial charge < -0.3 is 5.73 Å². The van der Waals surface area contributed by atoms with Gasteiger partial charge in [-0.25, -0.2) is 13.1 Å². The largest absolute Gasteiger partial charge is 0.326 e. The van der Waals surface area contributed by atoms with Gasteiger partial charge in [-0.15, -0.1) is 0 Å². The standard InChI is InChI=1S/C16H26N2O2S/c1-12-8-13(2)16(9-15(12)10-17)21(19,20)18-11-14-6-4-3-5-7-14/h8-9,14,18H,3-7,10-11,17H2,1-2H3. The average Bonchev–Trinajstić information content (AvgIpc) is 2.46. The Bertz CT molecular complexity index is 591. The van der Waals surface area contributed by atoms with Crippen molar-refractivity contribution in [2.24, 2.45) is 11.7 Å². The maximum Gasteiger partial charge on any atom is 0.240 e. The molecule has 2 rings (SSSR count). The van der Waals surface area contributed by atoms with Crippen molar-refractivity contribution in [2.45, 2.75) is 57.4 Å². The van der Waals surface area contributed by atoms with Crippen LogP contribution >= 0.6 is 0 Å². The number of aryl methyl sites for hydroxylation is 2. The molecule has 1 aliphatic carbocycles. The van der Waals surface area contributed by atoms with Gasteiger partial charge in [0.15, 0.2) is 0 Å². The molecule has 0 bridgehead atoms. The molecule has 0 unspecified atom stereocenters. The lowest BCUT2D eigenvalue weighted by molar-refractivity contribution is 0.357. The first-order valence-corrected chi connectivity index (χ1v) is 9.22. The number of nitrogens with two attached hydrogens (primary N) is 1. The Balaban J connectivity index is 2.15. The fourth-order valence-electron chi connectivity index (χ4n) is 3.08. The van der Waals surface area contributed by atoms with Gasteiger partial charge in [-0.05, 0) is 55.4 Å². The highest BCUT2D eigenvalue weighted by molar-refractivity contribution is 7.89. The summed E-state index contributed by atoms with van der Waals surface area (Å²) in [4.78, 5) is 0.365. The highest BCUT2D eigenvalue weighted by atomic mass is 32.2. The van der Waals surface area contributed by atoms with Crippen molar-refractivity contribution >= 4 is 10.0 Å². The third-order valence-electron chi connectivity index (χ3n) is 4.43. The molecule has 0 radical (unpaired) electrons. The quantitative estimate of drug-likeness (QED) is 0.878. The molecule has 118 valence electrons. The molecule has 1 saturated carbocycles. The predicted molar refractivity (Wildman–Crippen MR) is 85.6 cm³/mol. The van der Waals surface area contributed by atoms with E-state index in [0.29, 0.717) is 23.9 Å². The molecule has 0 spiro atoms. The van der Waals surface area contributed by atoms with E-state index in [9.17, 15) is 8.42 Å². The van der Waals surface area contributed by atoms with Gasteiger partial charge in [0.05, 0.1) is 4.90 Å². The number of benzene rings is 1. The zero-order chi connectivity index (χ0) is 15.5. The third-order valence-corrected chi connectivity index (χ3v) is 6.00. The van der Waals surface area contributed by atoms with E-state index in [4.69, 9.17) is 5.73 Å². The Morgan fingerprint density at radius 1 is 1.14 bits per heavy atom. The number of nitrogens with one attached hydrogen (secondary N) is 1. The summed E-state index contributed by atoms with van der Waals surface area (Å²) in [7, 11) is -3.45. The molecule has 1 fully saturated rings. The van der Waals surface area contributed by atoms with Crippen molar-refractivity contribution in [3.05, 3.63) is 28.8 Å². The Labute approximate surface area is 128 Å². The monoisotopic (exact) mass is 310 g/mol. The summed E-state index contributed by atoms with van der Waals surface area (Å²) in [5, 5.41) is 0. The van der Waals surface area contributed by atoms with Crippen LogP contribution in [0.3, 0.4) is 0 Å². The Hall–Kier alpha value is -0.910. The van der Waals surface area contributed by atoms with Crippen molar-refractivity contribution in [1.82, 2.24) is 4.72 Å². The molecule has 0 amide bonds. The van der Waals surface area contributed by atoms with Crippen molar-refractivity contribution < 1.29 is 8.42 Å². The zero-order valence-corrected chi connectivity index (χ0v) is 13.8. The van der Waals surface area contributed by atoms with Crippen molar-refractivity contribution in [1.29, 1.82) is 0 Å².